The summed E-state index contributed by atoms with van der Waals surface area (Å²) in [5.74, 6) is 2.05. The molecule has 2 aliphatic rings. The van der Waals surface area contributed by atoms with Gasteiger partial charge in [-0.1, -0.05) is 12.8 Å². The highest BCUT2D eigenvalue weighted by Gasteiger charge is 2.26. The summed E-state index contributed by atoms with van der Waals surface area (Å²) in [6.45, 7) is 5.09. The highest BCUT2D eigenvalue weighted by atomic mass is 32.2. The van der Waals surface area contributed by atoms with Gasteiger partial charge in [0.15, 0.2) is 0 Å². The van der Waals surface area contributed by atoms with Crippen LogP contribution in [0, 0.1) is 5.92 Å². The van der Waals surface area contributed by atoms with Crippen LogP contribution < -0.4 is 9.47 Å². The van der Waals surface area contributed by atoms with Gasteiger partial charge < -0.3 is 14.4 Å². The molecule has 3 aromatic rings. The quantitative estimate of drug-likeness (QED) is 0.465. The summed E-state index contributed by atoms with van der Waals surface area (Å²) in [4.78, 5) is 4.87. The first-order chi connectivity index (χ1) is 16.9. The van der Waals surface area contributed by atoms with E-state index in [-0.39, 0.29) is 4.90 Å². The van der Waals surface area contributed by atoms with E-state index in [1.165, 1.54) is 29.7 Å². The molecule has 35 heavy (non-hydrogen) atoms. The van der Waals surface area contributed by atoms with Crippen molar-refractivity contribution < 1.29 is 17.9 Å². The average Bonchev–Trinajstić information content (AvgIpc) is 3.51. The zero-order valence-electron chi connectivity index (χ0n) is 20.7. The molecule has 1 aliphatic carbocycles. The van der Waals surface area contributed by atoms with Crippen LogP contribution in [0.2, 0.25) is 0 Å². The third kappa shape index (κ3) is 5.20. The molecule has 0 spiro atoms. The molecule has 0 radical (unpaired) electrons. The van der Waals surface area contributed by atoms with Gasteiger partial charge in [-0.15, -0.1) is 0 Å². The van der Waals surface area contributed by atoms with E-state index in [2.05, 4.69) is 16.8 Å². The first-order valence-corrected chi connectivity index (χ1v) is 14.0. The van der Waals surface area contributed by atoms with Gasteiger partial charge in [-0.25, -0.2) is 12.4 Å². The Bertz CT molecular complexity index is 1260. The molecule has 1 saturated carbocycles. The lowest BCUT2D eigenvalue weighted by molar-refractivity contribution is 0.147. The first kappa shape index (κ1) is 24.2. The predicted molar refractivity (Wildman–Crippen MR) is 138 cm³/mol. The lowest BCUT2D eigenvalue weighted by atomic mass is 10.1. The van der Waals surface area contributed by atoms with Crippen molar-refractivity contribution in [3.8, 4) is 11.5 Å². The second-order valence-electron chi connectivity index (χ2n) is 9.84. The van der Waals surface area contributed by atoms with Crippen LogP contribution in [0.5, 0.6) is 11.5 Å². The molecule has 188 valence electrons. The maximum Gasteiger partial charge on any atom is 0.268 e. The van der Waals surface area contributed by atoms with E-state index in [0.717, 1.165) is 49.6 Å². The van der Waals surface area contributed by atoms with Gasteiger partial charge in [0.05, 0.1) is 24.1 Å². The molecule has 8 heteroatoms. The van der Waals surface area contributed by atoms with Gasteiger partial charge in [0.25, 0.3) is 10.0 Å². The molecule has 1 saturated heterocycles. The largest absolute Gasteiger partial charge is 0.497 e. The Labute approximate surface area is 208 Å². The Balaban J connectivity index is 1.50. The van der Waals surface area contributed by atoms with Crippen molar-refractivity contribution in [2.75, 3.05) is 46.9 Å². The third-order valence-corrected chi connectivity index (χ3v) is 9.12. The van der Waals surface area contributed by atoms with Gasteiger partial charge in [-0.2, -0.15) is 0 Å². The number of piperazine rings is 1. The van der Waals surface area contributed by atoms with Crippen LogP contribution in [0.4, 0.5) is 0 Å². The number of rotatable bonds is 8. The molecule has 0 atom stereocenters. The van der Waals surface area contributed by atoms with E-state index >= 15 is 0 Å². The molecule has 1 aromatic heterocycles. The second-order valence-corrected chi connectivity index (χ2v) is 11.6. The Morgan fingerprint density at radius 1 is 0.914 bits per heavy atom. The van der Waals surface area contributed by atoms with E-state index in [9.17, 15) is 8.42 Å². The number of aromatic nitrogens is 1. The summed E-state index contributed by atoms with van der Waals surface area (Å²) >= 11 is 0. The molecule has 2 heterocycles. The fourth-order valence-corrected chi connectivity index (χ4v) is 6.72. The third-order valence-electron chi connectivity index (χ3n) is 7.34. The van der Waals surface area contributed by atoms with Gasteiger partial charge >= 0.3 is 0 Å². The van der Waals surface area contributed by atoms with Crippen molar-refractivity contribution in [3.05, 3.63) is 54.2 Å². The van der Waals surface area contributed by atoms with Crippen molar-refractivity contribution in [1.82, 2.24) is 13.8 Å². The molecule has 2 fully saturated rings. The molecule has 2 aromatic carbocycles. The summed E-state index contributed by atoms with van der Waals surface area (Å²) in [5.41, 5.74) is 1.45. The van der Waals surface area contributed by atoms with Crippen LogP contribution in [0.1, 0.15) is 31.4 Å². The Morgan fingerprint density at radius 3 is 2.29 bits per heavy atom. The van der Waals surface area contributed by atoms with Crippen LogP contribution in [0.15, 0.2) is 53.4 Å². The number of methoxy groups -OCH3 is 1. The molecule has 0 bridgehead atoms. The second kappa shape index (κ2) is 10.2. The zero-order chi connectivity index (χ0) is 24.4. The monoisotopic (exact) mass is 497 g/mol. The summed E-state index contributed by atoms with van der Waals surface area (Å²) in [6.07, 6.45) is 5.03. The minimum Gasteiger partial charge on any atom is -0.497 e. The van der Waals surface area contributed by atoms with Gasteiger partial charge in [-0.05, 0) is 74.3 Å². The molecule has 1 aliphatic heterocycles. The Hall–Kier alpha value is -2.55. The SMILES string of the molecule is COc1ccc(S(=O)(=O)n2c(CN3CCN(C)CC3)cc3cc(OCC4CCCC4)ccc32)cc1. The highest BCUT2D eigenvalue weighted by Crippen LogP contribution is 2.31. The normalized spacial score (nSPS) is 18.3. The maximum absolute atomic E-state index is 13.9. The number of hydrogen-bond acceptors (Lipinski definition) is 6. The van der Waals surface area contributed by atoms with Crippen LogP contribution in [-0.4, -0.2) is 69.1 Å². The molecule has 0 unspecified atom stereocenters. The summed E-state index contributed by atoms with van der Waals surface area (Å²) in [5, 5.41) is 0.884. The molecule has 7 nitrogen and oxygen atoms in total. The van der Waals surface area contributed by atoms with E-state index in [0.29, 0.717) is 23.7 Å². The van der Waals surface area contributed by atoms with Crippen molar-refractivity contribution in [1.29, 1.82) is 0 Å². The first-order valence-electron chi connectivity index (χ1n) is 12.5. The van der Waals surface area contributed by atoms with E-state index < -0.39 is 10.0 Å². The molecule has 0 N–H and O–H groups in total. The number of nitrogens with zero attached hydrogens (tertiary/aromatic N) is 3. The van der Waals surface area contributed by atoms with Gasteiger partial charge in [-0.3, -0.25) is 4.90 Å². The number of ether oxygens (including phenoxy) is 2. The number of hydrogen-bond donors (Lipinski definition) is 0. The molecule has 0 amide bonds. The Kier molecular flexibility index (Phi) is 7.05. The number of benzene rings is 2. The van der Waals surface area contributed by atoms with E-state index in [1.54, 1.807) is 31.4 Å². The average molecular weight is 498 g/mol. The van der Waals surface area contributed by atoms with Crippen molar-refractivity contribution in [2.45, 2.75) is 37.1 Å². The summed E-state index contributed by atoms with van der Waals surface area (Å²) in [7, 11) is -0.101. The van der Waals surface area contributed by atoms with Crippen LogP contribution in [0.3, 0.4) is 0 Å². The lowest BCUT2D eigenvalue weighted by Gasteiger charge is -2.32. The topological polar surface area (TPSA) is 64.0 Å². The van der Waals surface area contributed by atoms with E-state index in [1.807, 2.05) is 24.3 Å². The van der Waals surface area contributed by atoms with Crippen molar-refractivity contribution in [3.63, 3.8) is 0 Å². The smallest absolute Gasteiger partial charge is 0.268 e. The molecular formula is C27H35N3O4S. The fourth-order valence-electron chi connectivity index (χ4n) is 5.19. The van der Waals surface area contributed by atoms with Crippen LogP contribution >= 0.6 is 0 Å². The molecular weight excluding hydrogens is 462 g/mol. The minimum atomic E-state index is -3.79. The Morgan fingerprint density at radius 2 is 1.60 bits per heavy atom. The predicted octanol–water partition coefficient (Wildman–Crippen LogP) is 4.20. The van der Waals surface area contributed by atoms with Crippen LogP contribution in [-0.2, 0) is 16.6 Å². The number of likely N-dealkylation sites (N-methyl/N-ethyl adjacent to an activating group) is 1. The standard InChI is InChI=1S/C27H35N3O4S/c1-28-13-15-29(16-14-28)19-23-17-22-18-25(34-20-21-5-3-4-6-21)9-12-27(22)30(23)35(31,32)26-10-7-24(33-2)8-11-26/h7-12,17-18,21H,3-6,13-16,19-20H2,1-2H3. The summed E-state index contributed by atoms with van der Waals surface area (Å²) < 4.78 is 40.6. The minimum absolute atomic E-state index is 0.247. The zero-order valence-corrected chi connectivity index (χ0v) is 21.5. The van der Waals surface area contributed by atoms with Crippen molar-refractivity contribution >= 4 is 20.9 Å². The highest BCUT2D eigenvalue weighted by molar-refractivity contribution is 7.90. The van der Waals surface area contributed by atoms with Crippen LogP contribution in [0.25, 0.3) is 10.9 Å². The maximum atomic E-state index is 13.9. The van der Waals surface area contributed by atoms with Crippen molar-refractivity contribution in [2.24, 2.45) is 5.92 Å². The fraction of sp³-hybridized carbons (Fsp3) is 0.481. The van der Waals surface area contributed by atoms with Gasteiger partial charge in [0.1, 0.15) is 11.5 Å². The van der Waals surface area contributed by atoms with E-state index in [4.69, 9.17) is 9.47 Å². The lowest BCUT2D eigenvalue weighted by Crippen LogP contribution is -2.44. The summed E-state index contributed by atoms with van der Waals surface area (Å²) in [6, 6.07) is 14.4. The number of fused-ring (bicyclic) bond motifs is 1. The van der Waals surface area contributed by atoms with Gasteiger partial charge in [0, 0.05) is 43.8 Å². The van der Waals surface area contributed by atoms with Gasteiger partial charge in [0.2, 0.25) is 0 Å². The molecule has 5 rings (SSSR count).